The van der Waals surface area contributed by atoms with E-state index in [0.717, 1.165) is 4.90 Å². The summed E-state index contributed by atoms with van der Waals surface area (Å²) < 4.78 is 4.98. The summed E-state index contributed by atoms with van der Waals surface area (Å²) in [5.74, 6) is -0.720. The van der Waals surface area contributed by atoms with E-state index < -0.39 is 11.7 Å². The summed E-state index contributed by atoms with van der Waals surface area (Å²) >= 11 is 0. The number of ether oxygens (including phenoxy) is 1. The number of hydrogen-bond donors (Lipinski definition) is 1. The molecule has 0 unspecified atom stereocenters. The third kappa shape index (κ3) is 4.53. The average molecular weight is 322 g/mol. The first-order chi connectivity index (χ1) is 10.3. The van der Waals surface area contributed by atoms with E-state index in [1.807, 2.05) is 0 Å². The highest BCUT2D eigenvalue weighted by atomic mass is 16.7. The molecule has 3 amide bonds. The van der Waals surface area contributed by atoms with Gasteiger partial charge in [-0.1, -0.05) is 19.6 Å². The molecule has 0 aliphatic carbocycles. The quantitative estimate of drug-likeness (QED) is 0.522. The lowest BCUT2D eigenvalue weighted by Crippen LogP contribution is -2.37. The van der Waals surface area contributed by atoms with Crippen LogP contribution in [0.3, 0.4) is 0 Å². The summed E-state index contributed by atoms with van der Waals surface area (Å²) in [4.78, 5) is 41.5. The van der Waals surface area contributed by atoms with Gasteiger partial charge in [0.1, 0.15) is 5.60 Å². The SMILES string of the molecule is C.CC(C)(C)OC(=O)NOCCN1C(=O)c2ccccc2C1=O. The van der Waals surface area contributed by atoms with Crippen molar-refractivity contribution in [3.8, 4) is 0 Å². The Balaban J connectivity index is 0.00000264. The lowest BCUT2D eigenvalue weighted by atomic mass is 10.1. The van der Waals surface area contributed by atoms with Crippen LogP contribution in [0, 0.1) is 0 Å². The fourth-order valence-electron chi connectivity index (χ4n) is 1.99. The molecule has 1 aliphatic heterocycles. The molecule has 2 rings (SSSR count). The van der Waals surface area contributed by atoms with E-state index in [-0.39, 0.29) is 32.4 Å². The van der Waals surface area contributed by atoms with Crippen molar-refractivity contribution >= 4 is 17.9 Å². The van der Waals surface area contributed by atoms with Crippen molar-refractivity contribution in [3.05, 3.63) is 35.4 Å². The van der Waals surface area contributed by atoms with Crippen molar-refractivity contribution in [1.82, 2.24) is 10.4 Å². The van der Waals surface area contributed by atoms with Crippen LogP contribution in [0.2, 0.25) is 0 Å². The van der Waals surface area contributed by atoms with E-state index >= 15 is 0 Å². The summed E-state index contributed by atoms with van der Waals surface area (Å²) in [7, 11) is 0. The van der Waals surface area contributed by atoms with Crippen LogP contribution in [0.4, 0.5) is 4.79 Å². The van der Waals surface area contributed by atoms with Gasteiger partial charge in [0.2, 0.25) is 0 Å². The van der Waals surface area contributed by atoms with Gasteiger partial charge in [-0.05, 0) is 32.9 Å². The minimum atomic E-state index is -0.727. The molecule has 1 aromatic rings. The first-order valence-electron chi connectivity index (χ1n) is 6.85. The van der Waals surface area contributed by atoms with Gasteiger partial charge in [0, 0.05) is 0 Å². The van der Waals surface area contributed by atoms with Crippen LogP contribution < -0.4 is 5.48 Å². The molecule has 7 nitrogen and oxygen atoms in total. The molecular formula is C16H22N2O5. The molecule has 0 spiro atoms. The first-order valence-corrected chi connectivity index (χ1v) is 6.85. The van der Waals surface area contributed by atoms with Crippen molar-refractivity contribution in [2.75, 3.05) is 13.2 Å². The first kappa shape index (κ1) is 18.6. The van der Waals surface area contributed by atoms with Gasteiger partial charge in [-0.15, -0.1) is 0 Å². The summed E-state index contributed by atoms with van der Waals surface area (Å²) in [5.41, 5.74) is 2.24. The summed E-state index contributed by atoms with van der Waals surface area (Å²) in [6.07, 6.45) is -0.727. The topological polar surface area (TPSA) is 84.9 Å². The van der Waals surface area contributed by atoms with Crippen LogP contribution >= 0.6 is 0 Å². The van der Waals surface area contributed by atoms with E-state index in [9.17, 15) is 14.4 Å². The summed E-state index contributed by atoms with van der Waals surface area (Å²) in [6, 6.07) is 6.62. The highest BCUT2D eigenvalue weighted by Gasteiger charge is 2.34. The minimum Gasteiger partial charge on any atom is -0.442 e. The molecule has 1 heterocycles. The molecule has 126 valence electrons. The molecule has 7 heteroatoms. The normalized spacial score (nSPS) is 13.4. The predicted molar refractivity (Wildman–Crippen MR) is 83.9 cm³/mol. The summed E-state index contributed by atoms with van der Waals surface area (Å²) in [6.45, 7) is 5.20. The number of amides is 3. The number of nitrogens with zero attached hydrogens (tertiary/aromatic N) is 1. The van der Waals surface area contributed by atoms with Crippen LogP contribution in [0.15, 0.2) is 24.3 Å². The van der Waals surface area contributed by atoms with Gasteiger partial charge in [0.15, 0.2) is 0 Å². The van der Waals surface area contributed by atoms with Crippen LogP contribution in [-0.2, 0) is 9.57 Å². The number of benzene rings is 1. The number of rotatable bonds is 4. The van der Waals surface area contributed by atoms with E-state index in [1.54, 1.807) is 45.0 Å². The van der Waals surface area contributed by atoms with Crippen molar-refractivity contribution in [2.24, 2.45) is 0 Å². The monoisotopic (exact) mass is 322 g/mol. The molecule has 1 aromatic carbocycles. The zero-order valence-electron chi connectivity index (χ0n) is 12.7. The number of fused-ring (bicyclic) bond motifs is 1. The number of carbonyl (C=O) groups excluding carboxylic acids is 3. The molecule has 0 radical (unpaired) electrons. The maximum atomic E-state index is 12.1. The number of hydroxylamine groups is 1. The number of carbonyl (C=O) groups is 3. The van der Waals surface area contributed by atoms with Gasteiger partial charge < -0.3 is 4.74 Å². The average Bonchev–Trinajstić information content (AvgIpc) is 2.67. The standard InChI is InChI=1S/C15H18N2O5.CH4/c1-15(2,3)22-14(20)16-21-9-8-17-12(18)10-6-4-5-7-11(10)13(17)19;/h4-7H,8-9H2,1-3H3,(H,16,20);1H4. The van der Waals surface area contributed by atoms with Gasteiger partial charge >= 0.3 is 6.09 Å². The van der Waals surface area contributed by atoms with E-state index in [4.69, 9.17) is 9.57 Å². The van der Waals surface area contributed by atoms with Gasteiger partial charge in [-0.3, -0.25) is 19.3 Å². The third-order valence-corrected chi connectivity index (χ3v) is 2.85. The third-order valence-electron chi connectivity index (χ3n) is 2.85. The minimum absolute atomic E-state index is 0. The Kier molecular flexibility index (Phi) is 5.86. The van der Waals surface area contributed by atoms with Gasteiger partial charge in [-0.2, -0.15) is 5.48 Å². The molecule has 0 saturated heterocycles. The number of imide groups is 1. The molecule has 1 N–H and O–H groups in total. The zero-order valence-corrected chi connectivity index (χ0v) is 12.7. The number of hydrogen-bond acceptors (Lipinski definition) is 5. The van der Waals surface area contributed by atoms with Crippen LogP contribution in [0.5, 0.6) is 0 Å². The highest BCUT2D eigenvalue weighted by molar-refractivity contribution is 6.21. The zero-order chi connectivity index (χ0) is 16.3. The van der Waals surface area contributed by atoms with Crippen molar-refractivity contribution in [2.45, 2.75) is 33.8 Å². The van der Waals surface area contributed by atoms with Gasteiger partial charge in [-0.25, -0.2) is 4.79 Å². The lowest BCUT2D eigenvalue weighted by molar-refractivity contribution is -0.0106. The maximum absolute atomic E-state index is 12.1. The Labute approximate surface area is 135 Å². The second-order valence-electron chi connectivity index (χ2n) is 5.76. The fraction of sp³-hybridized carbons (Fsp3) is 0.438. The lowest BCUT2D eigenvalue weighted by Gasteiger charge is -2.19. The van der Waals surface area contributed by atoms with Gasteiger partial charge in [0.05, 0.1) is 24.3 Å². The van der Waals surface area contributed by atoms with Gasteiger partial charge in [0.25, 0.3) is 11.8 Å². The molecule has 0 aromatic heterocycles. The van der Waals surface area contributed by atoms with E-state index in [1.165, 1.54) is 0 Å². The largest absolute Gasteiger partial charge is 0.442 e. The van der Waals surface area contributed by atoms with E-state index in [0.29, 0.717) is 11.1 Å². The van der Waals surface area contributed by atoms with E-state index in [2.05, 4.69) is 5.48 Å². The predicted octanol–water partition coefficient (Wildman–Crippen LogP) is 2.38. The molecule has 0 fully saturated rings. The van der Waals surface area contributed by atoms with Crippen LogP contribution in [0.25, 0.3) is 0 Å². The fourth-order valence-corrected chi connectivity index (χ4v) is 1.99. The van der Waals surface area contributed by atoms with Crippen LogP contribution in [-0.4, -0.2) is 41.6 Å². The number of nitrogens with one attached hydrogen (secondary N) is 1. The molecule has 0 atom stereocenters. The molecule has 0 bridgehead atoms. The highest BCUT2D eigenvalue weighted by Crippen LogP contribution is 2.21. The Bertz CT molecular complexity index is 572. The van der Waals surface area contributed by atoms with Crippen molar-refractivity contribution in [3.63, 3.8) is 0 Å². The van der Waals surface area contributed by atoms with Crippen molar-refractivity contribution < 1.29 is 24.0 Å². The molecule has 0 saturated carbocycles. The Hall–Kier alpha value is -2.41. The summed E-state index contributed by atoms with van der Waals surface area (Å²) in [5, 5.41) is 0. The Morgan fingerprint density at radius 2 is 1.65 bits per heavy atom. The van der Waals surface area contributed by atoms with Crippen LogP contribution in [0.1, 0.15) is 48.9 Å². The maximum Gasteiger partial charge on any atom is 0.431 e. The smallest absolute Gasteiger partial charge is 0.431 e. The van der Waals surface area contributed by atoms with Crippen molar-refractivity contribution in [1.29, 1.82) is 0 Å². The molecule has 1 aliphatic rings. The molecule has 23 heavy (non-hydrogen) atoms. The Morgan fingerprint density at radius 3 is 2.13 bits per heavy atom. The molecular weight excluding hydrogens is 300 g/mol. The second kappa shape index (κ2) is 7.23. The second-order valence-corrected chi connectivity index (χ2v) is 5.76. The Morgan fingerprint density at radius 1 is 1.13 bits per heavy atom.